The number of halogens is 1. The molecule has 0 saturated carbocycles. The molecule has 0 saturated heterocycles. The summed E-state index contributed by atoms with van der Waals surface area (Å²) in [6, 6.07) is 4.11. The van der Waals surface area contributed by atoms with E-state index in [0.29, 0.717) is 11.3 Å². The van der Waals surface area contributed by atoms with Crippen molar-refractivity contribution in [3.63, 3.8) is 0 Å². The van der Waals surface area contributed by atoms with Crippen molar-refractivity contribution in [2.75, 3.05) is 0 Å². The normalized spacial score (nSPS) is 8.87. The van der Waals surface area contributed by atoms with Gasteiger partial charge in [-0.25, -0.2) is 0 Å². The molecule has 0 unspecified atom stereocenters. The zero-order valence-electron chi connectivity index (χ0n) is 7.57. The molecule has 0 atom stereocenters. The number of nitrogens with zero attached hydrogens (tertiary/aromatic N) is 1. The van der Waals surface area contributed by atoms with Gasteiger partial charge in [-0.3, -0.25) is 10.1 Å². The van der Waals surface area contributed by atoms with Gasteiger partial charge in [0, 0.05) is 11.1 Å². The molecule has 0 N–H and O–H groups in total. The maximum absolute atomic E-state index is 10.6. The third kappa shape index (κ3) is 3.08. The number of nitro groups is 1. The van der Waals surface area contributed by atoms with Gasteiger partial charge in [0.2, 0.25) is 0 Å². The lowest BCUT2D eigenvalue weighted by Crippen LogP contribution is -1.91. The van der Waals surface area contributed by atoms with Crippen LogP contribution in [0.5, 0.6) is 0 Å². The highest BCUT2D eigenvalue weighted by Crippen LogP contribution is 2.21. The third-order valence-electron chi connectivity index (χ3n) is 1.56. The first kappa shape index (κ1) is 11.2. The average molecular weight is 224 g/mol. The van der Waals surface area contributed by atoms with E-state index in [-0.39, 0.29) is 17.7 Å². The van der Waals surface area contributed by atoms with Crippen molar-refractivity contribution in [2.45, 2.75) is 6.42 Å². The predicted octanol–water partition coefficient (Wildman–Crippen LogP) is 2.19. The Morgan fingerprint density at radius 1 is 1.53 bits per heavy atom. The van der Waals surface area contributed by atoms with Gasteiger partial charge in [0.25, 0.3) is 5.69 Å². The molecule has 0 spiro atoms. The molecule has 0 heterocycles. The van der Waals surface area contributed by atoms with Gasteiger partial charge in [0.15, 0.2) is 0 Å². The van der Waals surface area contributed by atoms with Crippen LogP contribution in [0.15, 0.2) is 18.2 Å². The minimum atomic E-state index is -0.540. The third-order valence-corrected chi connectivity index (χ3v) is 1.80. The maximum atomic E-state index is 10.6. The van der Waals surface area contributed by atoms with Gasteiger partial charge in [-0.2, -0.15) is 0 Å². The molecule has 1 rings (SSSR count). The molecule has 0 aromatic heterocycles. The fourth-order valence-electron chi connectivity index (χ4n) is 0.956. The number of hydrogen-bond donors (Lipinski definition) is 0. The summed E-state index contributed by atoms with van der Waals surface area (Å²) >= 11 is 5.67. The fourth-order valence-corrected chi connectivity index (χ4v) is 1.13. The molecule has 76 valence electrons. The molecule has 5 heteroatoms. The molecule has 0 amide bonds. The van der Waals surface area contributed by atoms with Gasteiger partial charge in [0.1, 0.15) is 11.8 Å². The number of nitro benzene ring substituents is 1. The first-order chi connectivity index (χ1) is 7.15. The zero-order chi connectivity index (χ0) is 11.3. The molecule has 0 fully saturated rings. The first-order valence-corrected chi connectivity index (χ1v) is 4.39. The maximum Gasteiger partial charge on any atom is 0.285 e. The van der Waals surface area contributed by atoms with Crippen molar-refractivity contribution in [3.8, 4) is 11.8 Å². The molecule has 15 heavy (non-hydrogen) atoms. The number of rotatable bonds is 2. The Bertz CT molecular complexity index is 459. The van der Waals surface area contributed by atoms with Crippen LogP contribution in [0.25, 0.3) is 0 Å². The van der Waals surface area contributed by atoms with E-state index in [1.165, 1.54) is 18.2 Å². The SMILES string of the molecule is O=CCC#Cc1cc(Cl)ccc1[N+](=O)[O-]. The van der Waals surface area contributed by atoms with Crippen molar-refractivity contribution < 1.29 is 9.72 Å². The molecule has 0 aliphatic carbocycles. The second kappa shape index (κ2) is 5.13. The summed E-state index contributed by atoms with van der Waals surface area (Å²) in [5, 5.41) is 11.0. The van der Waals surface area contributed by atoms with E-state index < -0.39 is 4.92 Å². The van der Waals surface area contributed by atoms with E-state index in [9.17, 15) is 14.9 Å². The Hall–Kier alpha value is -1.86. The van der Waals surface area contributed by atoms with Gasteiger partial charge in [-0.15, -0.1) is 0 Å². The predicted molar refractivity (Wildman–Crippen MR) is 55.7 cm³/mol. The van der Waals surface area contributed by atoms with Crippen molar-refractivity contribution in [1.29, 1.82) is 0 Å². The highest BCUT2D eigenvalue weighted by Gasteiger charge is 2.11. The van der Waals surface area contributed by atoms with Crippen LogP contribution in [0.2, 0.25) is 5.02 Å². The van der Waals surface area contributed by atoms with Gasteiger partial charge >= 0.3 is 0 Å². The lowest BCUT2D eigenvalue weighted by molar-refractivity contribution is -0.385. The zero-order valence-corrected chi connectivity index (χ0v) is 8.32. The van der Waals surface area contributed by atoms with E-state index in [1.54, 1.807) is 0 Å². The van der Waals surface area contributed by atoms with Crippen molar-refractivity contribution in [3.05, 3.63) is 38.9 Å². The smallest absolute Gasteiger partial charge is 0.285 e. The summed E-state index contributed by atoms with van der Waals surface area (Å²) in [6.07, 6.45) is 0.674. The second-order valence-electron chi connectivity index (χ2n) is 2.59. The van der Waals surface area contributed by atoms with Crippen LogP contribution in [0.1, 0.15) is 12.0 Å². The van der Waals surface area contributed by atoms with Crippen molar-refractivity contribution in [2.24, 2.45) is 0 Å². The molecule has 0 radical (unpaired) electrons. The largest absolute Gasteiger partial charge is 0.302 e. The highest BCUT2D eigenvalue weighted by atomic mass is 35.5. The summed E-state index contributed by atoms with van der Waals surface area (Å²) in [5.74, 6) is 5.02. The quantitative estimate of drug-likeness (QED) is 0.334. The molecule has 0 aliphatic heterocycles. The summed E-state index contributed by atoms with van der Waals surface area (Å²) in [7, 11) is 0. The van der Waals surface area contributed by atoms with Crippen LogP contribution in [0, 0.1) is 22.0 Å². The van der Waals surface area contributed by atoms with Crippen LogP contribution < -0.4 is 0 Å². The van der Waals surface area contributed by atoms with Crippen LogP contribution >= 0.6 is 11.6 Å². The molecule has 0 bridgehead atoms. The van der Waals surface area contributed by atoms with Crippen LogP contribution in [0.4, 0.5) is 5.69 Å². The summed E-state index contributed by atoms with van der Waals surface area (Å²) in [4.78, 5) is 20.1. The Balaban J connectivity index is 3.14. The van der Waals surface area contributed by atoms with Gasteiger partial charge in [0.05, 0.1) is 11.3 Å². The number of benzene rings is 1. The highest BCUT2D eigenvalue weighted by molar-refractivity contribution is 6.30. The number of carbonyl (C=O) groups excluding carboxylic acids is 1. The van der Waals surface area contributed by atoms with Crippen molar-refractivity contribution in [1.82, 2.24) is 0 Å². The summed E-state index contributed by atoms with van der Waals surface area (Å²) in [6.45, 7) is 0. The molecular weight excluding hydrogens is 218 g/mol. The second-order valence-corrected chi connectivity index (χ2v) is 3.03. The summed E-state index contributed by atoms with van der Waals surface area (Å²) in [5.41, 5.74) is 0.104. The van der Waals surface area contributed by atoms with Crippen LogP contribution in [-0.4, -0.2) is 11.2 Å². The van der Waals surface area contributed by atoms with Gasteiger partial charge in [-0.05, 0) is 12.1 Å². The van der Waals surface area contributed by atoms with Crippen LogP contribution in [0.3, 0.4) is 0 Å². The minimum Gasteiger partial charge on any atom is -0.302 e. The molecule has 1 aromatic rings. The van der Waals surface area contributed by atoms with Crippen molar-refractivity contribution >= 4 is 23.6 Å². The van der Waals surface area contributed by atoms with E-state index in [2.05, 4.69) is 11.8 Å². The Morgan fingerprint density at radius 2 is 2.27 bits per heavy atom. The summed E-state index contributed by atoms with van der Waals surface area (Å²) < 4.78 is 0. The topological polar surface area (TPSA) is 60.2 Å². The molecule has 1 aromatic carbocycles. The Kier molecular flexibility index (Phi) is 3.83. The fraction of sp³-hybridized carbons (Fsp3) is 0.100. The van der Waals surface area contributed by atoms with E-state index in [0.717, 1.165) is 0 Å². The van der Waals surface area contributed by atoms with Gasteiger partial charge < -0.3 is 4.79 Å². The number of hydrogen-bond acceptors (Lipinski definition) is 3. The minimum absolute atomic E-state index is 0.0453. The average Bonchev–Trinajstić information content (AvgIpc) is 2.18. The van der Waals surface area contributed by atoms with Crippen LogP contribution in [-0.2, 0) is 4.79 Å². The monoisotopic (exact) mass is 223 g/mol. The molecular formula is C10H6ClNO3. The number of aldehydes is 1. The Labute approximate surface area is 91.0 Å². The standard InChI is InChI=1S/C10H6ClNO3/c11-9-4-5-10(12(14)15)8(7-9)3-1-2-6-13/h4-7H,2H2. The molecule has 4 nitrogen and oxygen atoms in total. The number of carbonyl (C=O) groups is 1. The molecule has 0 aliphatic rings. The first-order valence-electron chi connectivity index (χ1n) is 4.01. The van der Waals surface area contributed by atoms with E-state index >= 15 is 0 Å². The Morgan fingerprint density at radius 3 is 2.87 bits per heavy atom. The van der Waals surface area contributed by atoms with E-state index in [4.69, 9.17) is 11.6 Å². The lowest BCUT2D eigenvalue weighted by atomic mass is 10.2. The van der Waals surface area contributed by atoms with Gasteiger partial charge in [-0.1, -0.05) is 23.4 Å². The lowest BCUT2D eigenvalue weighted by Gasteiger charge is -1.95. The van der Waals surface area contributed by atoms with E-state index in [1.807, 2.05) is 0 Å².